The van der Waals surface area contributed by atoms with Crippen LogP contribution >= 0.6 is 0 Å². The maximum atomic E-state index is 12.2. The number of ether oxygens (including phenoxy) is 1. The number of rotatable bonds is 3. The number of aryl methyl sites for hydroxylation is 1. The largest absolute Gasteiger partial charge is 0.491 e. The molecule has 3 rings (SSSR count). The van der Waals surface area contributed by atoms with E-state index in [0.29, 0.717) is 30.2 Å². The van der Waals surface area contributed by atoms with E-state index in [2.05, 4.69) is 10.3 Å². The van der Waals surface area contributed by atoms with E-state index >= 15 is 0 Å². The molecule has 0 saturated heterocycles. The summed E-state index contributed by atoms with van der Waals surface area (Å²) in [5.41, 5.74) is 2.14. The van der Waals surface area contributed by atoms with Gasteiger partial charge in [-0.15, -0.1) is 0 Å². The number of hydrogen-bond acceptors (Lipinski definition) is 4. The van der Waals surface area contributed by atoms with Gasteiger partial charge in [0.05, 0.1) is 12.3 Å². The van der Waals surface area contributed by atoms with Gasteiger partial charge in [-0.1, -0.05) is 19.1 Å². The monoisotopic (exact) mass is 258 g/mol. The Kier molecular flexibility index (Phi) is 2.95. The molecule has 98 valence electrons. The number of amides is 1. The summed E-state index contributed by atoms with van der Waals surface area (Å²) in [6.07, 6.45) is 2.80. The Balaban J connectivity index is 1.86. The summed E-state index contributed by atoms with van der Waals surface area (Å²) in [5, 5.41) is 2.83. The number of fused-ring (bicyclic) bond motifs is 1. The molecule has 1 aromatic carbocycles. The number of aromatic nitrogens is 1. The van der Waals surface area contributed by atoms with Crippen molar-refractivity contribution < 1.29 is 13.9 Å². The number of para-hydroxylation sites is 1. The maximum absolute atomic E-state index is 12.2. The second-order valence-corrected chi connectivity index (χ2v) is 4.32. The van der Waals surface area contributed by atoms with Gasteiger partial charge in [0, 0.05) is 12.8 Å². The lowest BCUT2D eigenvalue weighted by Gasteiger charge is -2.08. The standard InChI is InChI=1S/C14H14N2O3/c1-2-11-12(15-8-19-11)14(17)16-10-5-3-4-9-6-7-18-13(9)10/h3-5,8H,2,6-7H2,1H3,(H,16,17). The second kappa shape index (κ2) is 4.76. The van der Waals surface area contributed by atoms with Crippen molar-refractivity contribution in [2.45, 2.75) is 19.8 Å². The van der Waals surface area contributed by atoms with E-state index in [1.165, 1.54) is 6.39 Å². The maximum Gasteiger partial charge on any atom is 0.278 e. The minimum absolute atomic E-state index is 0.269. The van der Waals surface area contributed by atoms with Crippen LogP contribution in [-0.4, -0.2) is 17.5 Å². The molecule has 5 heteroatoms. The quantitative estimate of drug-likeness (QED) is 0.918. The van der Waals surface area contributed by atoms with Crippen LogP contribution in [0, 0.1) is 0 Å². The fraction of sp³-hybridized carbons (Fsp3) is 0.286. The third-order valence-electron chi connectivity index (χ3n) is 3.14. The van der Waals surface area contributed by atoms with Crippen LogP contribution in [0.5, 0.6) is 5.75 Å². The van der Waals surface area contributed by atoms with Crippen molar-refractivity contribution in [2.75, 3.05) is 11.9 Å². The molecular formula is C14H14N2O3. The Morgan fingerprint density at radius 2 is 2.37 bits per heavy atom. The van der Waals surface area contributed by atoms with Crippen LogP contribution in [-0.2, 0) is 12.8 Å². The molecule has 1 N–H and O–H groups in total. The van der Waals surface area contributed by atoms with Crippen LogP contribution in [0.25, 0.3) is 0 Å². The van der Waals surface area contributed by atoms with Gasteiger partial charge in [-0.2, -0.15) is 0 Å². The molecule has 1 amide bonds. The van der Waals surface area contributed by atoms with Gasteiger partial charge in [0.1, 0.15) is 11.5 Å². The highest BCUT2D eigenvalue weighted by atomic mass is 16.5. The van der Waals surface area contributed by atoms with Crippen molar-refractivity contribution in [1.29, 1.82) is 0 Å². The summed E-state index contributed by atoms with van der Waals surface area (Å²) in [6, 6.07) is 5.74. The van der Waals surface area contributed by atoms with Crippen molar-refractivity contribution in [2.24, 2.45) is 0 Å². The van der Waals surface area contributed by atoms with Gasteiger partial charge < -0.3 is 14.5 Å². The fourth-order valence-corrected chi connectivity index (χ4v) is 2.20. The molecule has 2 aromatic rings. The van der Waals surface area contributed by atoms with E-state index in [4.69, 9.17) is 9.15 Å². The van der Waals surface area contributed by atoms with Crippen molar-refractivity contribution in [1.82, 2.24) is 4.98 Å². The molecule has 1 aromatic heterocycles. The van der Waals surface area contributed by atoms with Gasteiger partial charge >= 0.3 is 0 Å². The molecule has 0 fully saturated rings. The van der Waals surface area contributed by atoms with Gasteiger partial charge in [-0.25, -0.2) is 4.98 Å². The molecule has 0 saturated carbocycles. The van der Waals surface area contributed by atoms with Crippen molar-refractivity contribution in [3.8, 4) is 5.75 Å². The van der Waals surface area contributed by atoms with Crippen LogP contribution in [0.2, 0.25) is 0 Å². The number of oxazole rings is 1. The summed E-state index contributed by atoms with van der Waals surface area (Å²) in [5.74, 6) is 1.08. The SMILES string of the molecule is CCc1ocnc1C(=O)Nc1cccc2c1OCC2. The normalized spacial score (nSPS) is 12.9. The fourth-order valence-electron chi connectivity index (χ4n) is 2.20. The van der Waals surface area contributed by atoms with Gasteiger partial charge in [0.15, 0.2) is 12.1 Å². The number of anilines is 1. The van der Waals surface area contributed by atoms with E-state index in [-0.39, 0.29) is 5.91 Å². The zero-order valence-corrected chi connectivity index (χ0v) is 10.6. The summed E-state index contributed by atoms with van der Waals surface area (Å²) in [7, 11) is 0. The van der Waals surface area contributed by atoms with Crippen LogP contribution in [0.3, 0.4) is 0 Å². The summed E-state index contributed by atoms with van der Waals surface area (Å²) in [6.45, 7) is 2.58. The van der Waals surface area contributed by atoms with Crippen molar-refractivity contribution in [3.05, 3.63) is 41.6 Å². The molecular weight excluding hydrogens is 244 g/mol. The molecule has 5 nitrogen and oxygen atoms in total. The summed E-state index contributed by atoms with van der Waals surface area (Å²) >= 11 is 0. The van der Waals surface area contributed by atoms with E-state index in [9.17, 15) is 4.79 Å². The molecule has 19 heavy (non-hydrogen) atoms. The van der Waals surface area contributed by atoms with Crippen LogP contribution < -0.4 is 10.1 Å². The minimum atomic E-state index is -0.269. The van der Waals surface area contributed by atoms with Crippen LogP contribution in [0.1, 0.15) is 28.7 Å². The first-order valence-electron chi connectivity index (χ1n) is 6.28. The first-order valence-corrected chi connectivity index (χ1v) is 6.28. The van der Waals surface area contributed by atoms with E-state index in [1.807, 2.05) is 25.1 Å². The molecule has 0 aliphatic carbocycles. The molecule has 0 spiro atoms. The Hall–Kier alpha value is -2.30. The Labute approximate surface area is 110 Å². The third-order valence-corrected chi connectivity index (χ3v) is 3.14. The first kappa shape index (κ1) is 11.8. The van der Waals surface area contributed by atoms with Crippen molar-refractivity contribution >= 4 is 11.6 Å². The highest BCUT2D eigenvalue weighted by molar-refractivity contribution is 6.04. The lowest BCUT2D eigenvalue weighted by atomic mass is 10.1. The minimum Gasteiger partial charge on any atom is -0.491 e. The smallest absolute Gasteiger partial charge is 0.278 e. The molecule has 1 aliphatic rings. The number of nitrogens with zero attached hydrogens (tertiary/aromatic N) is 1. The van der Waals surface area contributed by atoms with Gasteiger partial charge in [-0.05, 0) is 11.6 Å². The zero-order valence-electron chi connectivity index (χ0n) is 10.6. The molecule has 2 heterocycles. The second-order valence-electron chi connectivity index (χ2n) is 4.32. The van der Waals surface area contributed by atoms with Crippen LogP contribution in [0.4, 0.5) is 5.69 Å². The molecule has 0 atom stereocenters. The van der Waals surface area contributed by atoms with Crippen molar-refractivity contribution in [3.63, 3.8) is 0 Å². The topological polar surface area (TPSA) is 64.4 Å². The average molecular weight is 258 g/mol. The lowest BCUT2D eigenvalue weighted by Crippen LogP contribution is -2.14. The predicted molar refractivity (Wildman–Crippen MR) is 69.5 cm³/mol. The number of benzene rings is 1. The Bertz CT molecular complexity index is 619. The molecule has 0 bridgehead atoms. The predicted octanol–water partition coefficient (Wildman–Crippen LogP) is 2.42. The Morgan fingerprint density at radius 1 is 1.47 bits per heavy atom. The number of carbonyl (C=O) groups is 1. The third kappa shape index (κ3) is 2.07. The van der Waals surface area contributed by atoms with E-state index < -0.39 is 0 Å². The highest BCUT2D eigenvalue weighted by Gasteiger charge is 2.20. The first-order chi connectivity index (χ1) is 9.29. The summed E-state index contributed by atoms with van der Waals surface area (Å²) < 4.78 is 10.7. The van der Waals surface area contributed by atoms with Gasteiger partial charge in [0.2, 0.25) is 0 Å². The molecule has 0 radical (unpaired) electrons. The van der Waals surface area contributed by atoms with Gasteiger partial charge in [-0.3, -0.25) is 4.79 Å². The number of nitrogens with one attached hydrogen (secondary N) is 1. The van der Waals surface area contributed by atoms with Crippen LogP contribution in [0.15, 0.2) is 29.0 Å². The van der Waals surface area contributed by atoms with E-state index in [0.717, 1.165) is 17.7 Å². The van der Waals surface area contributed by atoms with Gasteiger partial charge in [0.25, 0.3) is 5.91 Å². The summed E-state index contributed by atoms with van der Waals surface area (Å²) in [4.78, 5) is 16.1. The zero-order chi connectivity index (χ0) is 13.2. The Morgan fingerprint density at radius 3 is 3.21 bits per heavy atom. The number of hydrogen-bond donors (Lipinski definition) is 1. The molecule has 0 unspecified atom stereocenters. The number of carbonyl (C=O) groups excluding carboxylic acids is 1. The highest BCUT2D eigenvalue weighted by Crippen LogP contribution is 2.33. The lowest BCUT2D eigenvalue weighted by molar-refractivity contribution is 0.102. The van der Waals surface area contributed by atoms with E-state index in [1.54, 1.807) is 0 Å². The average Bonchev–Trinajstić information content (AvgIpc) is 3.07. The molecule has 1 aliphatic heterocycles.